The summed E-state index contributed by atoms with van der Waals surface area (Å²) in [6.45, 7) is 1.87. The zero-order valence-corrected chi connectivity index (χ0v) is 11.3. The van der Waals surface area contributed by atoms with Crippen LogP contribution in [0.15, 0.2) is 62.5 Å². The Morgan fingerprint density at radius 1 is 1.05 bits per heavy atom. The molecule has 0 aliphatic rings. The van der Waals surface area contributed by atoms with Gasteiger partial charge in [-0.1, -0.05) is 30.3 Å². The van der Waals surface area contributed by atoms with Crippen LogP contribution in [0.2, 0.25) is 0 Å². The van der Waals surface area contributed by atoms with Gasteiger partial charge in [0.25, 0.3) is 0 Å². The number of hydrogen-bond donors (Lipinski definition) is 0. The molecule has 0 spiro atoms. The van der Waals surface area contributed by atoms with Gasteiger partial charge in [-0.05, 0) is 24.1 Å². The first-order chi connectivity index (χ1) is 10.2. The minimum absolute atomic E-state index is 0.372. The Morgan fingerprint density at radius 3 is 2.67 bits per heavy atom. The summed E-state index contributed by atoms with van der Waals surface area (Å²) in [5.41, 5.74) is 4.18. The molecular formula is C17H11NO3. The molecule has 4 rings (SSSR count). The molecule has 0 aliphatic heterocycles. The van der Waals surface area contributed by atoms with Crippen molar-refractivity contribution in [2.75, 3.05) is 0 Å². The van der Waals surface area contributed by atoms with Gasteiger partial charge in [0.1, 0.15) is 11.1 Å². The van der Waals surface area contributed by atoms with Crippen molar-refractivity contribution < 1.29 is 8.83 Å². The fourth-order valence-electron chi connectivity index (χ4n) is 2.66. The van der Waals surface area contributed by atoms with Gasteiger partial charge in [0, 0.05) is 17.0 Å². The Kier molecular flexibility index (Phi) is 2.44. The predicted molar refractivity (Wildman–Crippen MR) is 80.2 cm³/mol. The summed E-state index contributed by atoms with van der Waals surface area (Å²) in [4.78, 5) is 16.1. The molecular weight excluding hydrogens is 266 g/mol. The Morgan fingerprint density at radius 2 is 1.86 bits per heavy atom. The molecule has 102 valence electrons. The minimum atomic E-state index is -0.372. The third-order valence-corrected chi connectivity index (χ3v) is 3.64. The molecule has 21 heavy (non-hydrogen) atoms. The molecule has 2 heterocycles. The van der Waals surface area contributed by atoms with Gasteiger partial charge in [0.15, 0.2) is 12.0 Å². The van der Waals surface area contributed by atoms with E-state index in [0.29, 0.717) is 11.2 Å². The average molecular weight is 277 g/mol. The molecule has 0 atom stereocenters. The second-order valence-electron chi connectivity index (χ2n) is 4.92. The maximum atomic E-state index is 11.9. The zero-order chi connectivity index (χ0) is 14.4. The van der Waals surface area contributed by atoms with E-state index < -0.39 is 0 Å². The highest BCUT2D eigenvalue weighted by molar-refractivity contribution is 6.02. The van der Waals surface area contributed by atoms with E-state index in [4.69, 9.17) is 8.83 Å². The standard InChI is InChI=1S/C17H11NO3/c1-10-16-13(7-14-17(10)20-9-18-14)12(8-15(19)21-16)11-5-3-2-4-6-11/h2-9H,1H3. The highest BCUT2D eigenvalue weighted by Crippen LogP contribution is 2.32. The summed E-state index contributed by atoms with van der Waals surface area (Å²) in [7, 11) is 0. The van der Waals surface area contributed by atoms with Crippen molar-refractivity contribution in [3.8, 4) is 11.1 Å². The highest BCUT2D eigenvalue weighted by atomic mass is 16.4. The van der Waals surface area contributed by atoms with Crippen molar-refractivity contribution >= 4 is 22.1 Å². The van der Waals surface area contributed by atoms with Crippen LogP contribution in [0.4, 0.5) is 0 Å². The van der Waals surface area contributed by atoms with Gasteiger partial charge < -0.3 is 8.83 Å². The molecule has 2 aromatic carbocycles. The number of nitrogens with zero attached hydrogens (tertiary/aromatic N) is 1. The van der Waals surface area contributed by atoms with E-state index >= 15 is 0 Å². The Labute approximate surface area is 119 Å². The van der Waals surface area contributed by atoms with Crippen LogP contribution in [0, 0.1) is 6.92 Å². The maximum Gasteiger partial charge on any atom is 0.336 e. The third-order valence-electron chi connectivity index (χ3n) is 3.64. The third kappa shape index (κ3) is 1.76. The van der Waals surface area contributed by atoms with Crippen molar-refractivity contribution in [1.82, 2.24) is 4.98 Å². The Hall–Kier alpha value is -2.88. The summed E-state index contributed by atoms with van der Waals surface area (Å²) in [6.07, 6.45) is 1.40. The SMILES string of the molecule is Cc1c2ocnc2cc2c(-c3ccccc3)cc(=O)oc12. The van der Waals surface area contributed by atoms with Crippen LogP contribution >= 0.6 is 0 Å². The van der Waals surface area contributed by atoms with Crippen LogP contribution in [0.3, 0.4) is 0 Å². The fourth-order valence-corrected chi connectivity index (χ4v) is 2.66. The van der Waals surface area contributed by atoms with Crippen LogP contribution in [-0.2, 0) is 0 Å². The molecule has 4 aromatic rings. The van der Waals surface area contributed by atoms with Gasteiger partial charge in [-0.3, -0.25) is 0 Å². The van der Waals surface area contributed by atoms with E-state index in [1.54, 1.807) is 0 Å². The number of aromatic nitrogens is 1. The van der Waals surface area contributed by atoms with E-state index in [2.05, 4.69) is 4.98 Å². The number of aryl methyl sites for hydroxylation is 1. The first-order valence-corrected chi connectivity index (χ1v) is 6.60. The predicted octanol–water partition coefficient (Wildman–Crippen LogP) is 3.91. The van der Waals surface area contributed by atoms with E-state index in [9.17, 15) is 4.79 Å². The lowest BCUT2D eigenvalue weighted by Gasteiger charge is -2.07. The van der Waals surface area contributed by atoms with E-state index in [0.717, 1.165) is 27.6 Å². The lowest BCUT2D eigenvalue weighted by molar-refractivity contribution is 0.556. The van der Waals surface area contributed by atoms with E-state index in [-0.39, 0.29) is 5.63 Å². The minimum Gasteiger partial charge on any atom is -0.443 e. The first kappa shape index (κ1) is 11.9. The van der Waals surface area contributed by atoms with Crippen molar-refractivity contribution in [3.63, 3.8) is 0 Å². The zero-order valence-electron chi connectivity index (χ0n) is 11.3. The van der Waals surface area contributed by atoms with Crippen molar-refractivity contribution in [2.24, 2.45) is 0 Å². The molecule has 0 N–H and O–H groups in total. The van der Waals surface area contributed by atoms with Crippen molar-refractivity contribution in [2.45, 2.75) is 6.92 Å². The van der Waals surface area contributed by atoms with Crippen molar-refractivity contribution in [1.29, 1.82) is 0 Å². The van der Waals surface area contributed by atoms with Crippen LogP contribution in [0.1, 0.15) is 5.56 Å². The van der Waals surface area contributed by atoms with Crippen LogP contribution in [0.25, 0.3) is 33.2 Å². The molecule has 0 fully saturated rings. The Balaban J connectivity index is 2.21. The lowest BCUT2D eigenvalue weighted by atomic mass is 10.00. The second-order valence-corrected chi connectivity index (χ2v) is 4.92. The number of benzene rings is 2. The monoisotopic (exact) mass is 277 g/mol. The molecule has 0 bridgehead atoms. The number of rotatable bonds is 1. The first-order valence-electron chi connectivity index (χ1n) is 6.60. The topological polar surface area (TPSA) is 56.2 Å². The molecule has 0 saturated carbocycles. The molecule has 0 aliphatic carbocycles. The van der Waals surface area contributed by atoms with Gasteiger partial charge in [0.05, 0.1) is 0 Å². The molecule has 0 saturated heterocycles. The molecule has 4 heteroatoms. The number of hydrogen-bond acceptors (Lipinski definition) is 4. The van der Waals surface area contributed by atoms with Crippen LogP contribution < -0.4 is 5.63 Å². The lowest BCUT2D eigenvalue weighted by Crippen LogP contribution is -1.99. The quantitative estimate of drug-likeness (QED) is 0.495. The van der Waals surface area contributed by atoms with Crippen LogP contribution in [0.5, 0.6) is 0 Å². The van der Waals surface area contributed by atoms with E-state index in [1.165, 1.54) is 12.5 Å². The number of fused-ring (bicyclic) bond motifs is 2. The largest absolute Gasteiger partial charge is 0.443 e. The van der Waals surface area contributed by atoms with Gasteiger partial charge >= 0.3 is 5.63 Å². The van der Waals surface area contributed by atoms with Crippen molar-refractivity contribution in [3.05, 3.63) is 64.8 Å². The van der Waals surface area contributed by atoms with Gasteiger partial charge in [-0.15, -0.1) is 0 Å². The summed E-state index contributed by atoms with van der Waals surface area (Å²) >= 11 is 0. The summed E-state index contributed by atoms with van der Waals surface area (Å²) in [5, 5.41) is 0.861. The molecule has 0 unspecified atom stereocenters. The van der Waals surface area contributed by atoms with Gasteiger partial charge in [0.2, 0.25) is 0 Å². The molecule has 0 amide bonds. The van der Waals surface area contributed by atoms with Gasteiger partial charge in [-0.2, -0.15) is 0 Å². The fraction of sp³-hybridized carbons (Fsp3) is 0.0588. The summed E-state index contributed by atoms with van der Waals surface area (Å²) in [6, 6.07) is 13.2. The maximum absolute atomic E-state index is 11.9. The number of oxazole rings is 1. The van der Waals surface area contributed by atoms with Crippen LogP contribution in [-0.4, -0.2) is 4.98 Å². The normalized spacial score (nSPS) is 11.3. The average Bonchev–Trinajstić information content (AvgIpc) is 2.97. The summed E-state index contributed by atoms with van der Waals surface area (Å²) in [5.74, 6) is 0. The smallest absolute Gasteiger partial charge is 0.336 e. The van der Waals surface area contributed by atoms with E-state index in [1.807, 2.05) is 43.3 Å². The molecule has 0 radical (unpaired) electrons. The second kappa shape index (κ2) is 4.31. The highest BCUT2D eigenvalue weighted by Gasteiger charge is 2.14. The summed E-state index contributed by atoms with van der Waals surface area (Å²) < 4.78 is 10.8. The molecule has 4 nitrogen and oxygen atoms in total. The van der Waals surface area contributed by atoms with Gasteiger partial charge in [-0.25, -0.2) is 9.78 Å². The molecule has 2 aromatic heterocycles. The Bertz CT molecular complexity index is 1010.